The van der Waals surface area contributed by atoms with Gasteiger partial charge in [0.1, 0.15) is 5.76 Å². The molecule has 2 amide bonds. The van der Waals surface area contributed by atoms with Crippen LogP contribution in [-0.4, -0.2) is 48.6 Å². The molecule has 8 heteroatoms. The largest absolute Gasteiger partial charge is 0.360 e. The smallest absolute Gasteiger partial charge is 0.245 e. The zero-order chi connectivity index (χ0) is 15.2. The van der Waals surface area contributed by atoms with Gasteiger partial charge in [0.05, 0.1) is 6.54 Å². The van der Waals surface area contributed by atoms with E-state index in [-0.39, 0.29) is 30.8 Å². The summed E-state index contributed by atoms with van der Waals surface area (Å²) in [5.74, 6) is 1.29. The standard InChI is InChI=1S/C14H22N4O3.ClH/c1-10-7-12(17-21-10)16-13(19)9-18(2)14(20)4-3-11-5-6-15-8-11;/h7,11,15H,3-6,8-9H2,1-2H3,(H,16,17,19);1H. The first kappa shape index (κ1) is 18.4. The fraction of sp³-hybridized carbons (Fsp3) is 0.643. The lowest BCUT2D eigenvalue weighted by molar-refractivity contribution is -0.133. The Hall–Kier alpha value is -1.60. The van der Waals surface area contributed by atoms with Crippen molar-refractivity contribution >= 4 is 30.0 Å². The minimum absolute atomic E-state index is 0. The fourth-order valence-corrected chi connectivity index (χ4v) is 2.39. The lowest BCUT2D eigenvalue weighted by atomic mass is 10.0. The second-order valence-electron chi connectivity index (χ2n) is 5.52. The fourth-order valence-electron chi connectivity index (χ4n) is 2.39. The molecular formula is C14H23ClN4O3. The molecular weight excluding hydrogens is 308 g/mol. The molecule has 1 aliphatic heterocycles. The highest BCUT2D eigenvalue weighted by atomic mass is 35.5. The Morgan fingerprint density at radius 3 is 2.91 bits per heavy atom. The molecule has 2 heterocycles. The summed E-state index contributed by atoms with van der Waals surface area (Å²) in [4.78, 5) is 25.2. The van der Waals surface area contributed by atoms with Gasteiger partial charge in [-0.25, -0.2) is 0 Å². The van der Waals surface area contributed by atoms with Gasteiger partial charge in [-0.15, -0.1) is 12.4 Å². The van der Waals surface area contributed by atoms with Crippen molar-refractivity contribution < 1.29 is 14.1 Å². The molecule has 0 aliphatic carbocycles. The van der Waals surface area contributed by atoms with E-state index < -0.39 is 0 Å². The van der Waals surface area contributed by atoms with Crippen molar-refractivity contribution in [2.24, 2.45) is 5.92 Å². The summed E-state index contributed by atoms with van der Waals surface area (Å²) in [7, 11) is 1.64. The number of aromatic nitrogens is 1. The molecule has 0 aromatic carbocycles. The van der Waals surface area contributed by atoms with Gasteiger partial charge < -0.3 is 20.1 Å². The number of anilines is 1. The van der Waals surface area contributed by atoms with Gasteiger partial charge in [-0.2, -0.15) is 0 Å². The molecule has 0 spiro atoms. The number of amides is 2. The number of hydrogen-bond donors (Lipinski definition) is 2. The molecule has 2 rings (SSSR count). The molecule has 1 aliphatic rings. The molecule has 1 aromatic rings. The van der Waals surface area contributed by atoms with E-state index in [2.05, 4.69) is 15.8 Å². The van der Waals surface area contributed by atoms with Gasteiger partial charge in [-0.3, -0.25) is 9.59 Å². The van der Waals surface area contributed by atoms with E-state index in [1.165, 1.54) is 4.90 Å². The molecule has 1 atom stereocenters. The first-order valence-corrected chi connectivity index (χ1v) is 7.22. The maximum Gasteiger partial charge on any atom is 0.245 e. The Labute approximate surface area is 136 Å². The quantitative estimate of drug-likeness (QED) is 0.818. The average Bonchev–Trinajstić information content (AvgIpc) is 3.07. The van der Waals surface area contributed by atoms with Crippen LogP contribution in [-0.2, 0) is 9.59 Å². The Bertz CT molecular complexity index is 500. The third kappa shape index (κ3) is 5.65. The van der Waals surface area contributed by atoms with Gasteiger partial charge >= 0.3 is 0 Å². The number of carbonyl (C=O) groups is 2. The first-order chi connectivity index (χ1) is 10.0. The molecule has 0 bridgehead atoms. The normalized spacial score (nSPS) is 16.9. The summed E-state index contributed by atoms with van der Waals surface area (Å²) in [5, 5.41) is 9.56. The van der Waals surface area contributed by atoms with E-state index in [0.717, 1.165) is 25.9 Å². The highest BCUT2D eigenvalue weighted by Crippen LogP contribution is 2.15. The summed E-state index contributed by atoms with van der Waals surface area (Å²) in [6, 6.07) is 1.63. The Morgan fingerprint density at radius 2 is 2.32 bits per heavy atom. The van der Waals surface area contributed by atoms with Crippen molar-refractivity contribution in [3.05, 3.63) is 11.8 Å². The molecule has 1 saturated heterocycles. The van der Waals surface area contributed by atoms with Crippen LogP contribution >= 0.6 is 12.4 Å². The van der Waals surface area contributed by atoms with Crippen molar-refractivity contribution in [3.8, 4) is 0 Å². The Balaban J connectivity index is 0.00000242. The molecule has 2 N–H and O–H groups in total. The summed E-state index contributed by atoms with van der Waals surface area (Å²) in [6.07, 6.45) is 2.49. The van der Waals surface area contributed by atoms with E-state index in [1.54, 1.807) is 20.0 Å². The average molecular weight is 331 g/mol. The van der Waals surface area contributed by atoms with Crippen LogP contribution in [0.4, 0.5) is 5.82 Å². The Kier molecular flexibility index (Phi) is 7.34. The van der Waals surface area contributed by atoms with E-state index >= 15 is 0 Å². The molecule has 22 heavy (non-hydrogen) atoms. The molecule has 7 nitrogen and oxygen atoms in total. The zero-order valence-electron chi connectivity index (χ0n) is 12.9. The van der Waals surface area contributed by atoms with E-state index in [9.17, 15) is 9.59 Å². The first-order valence-electron chi connectivity index (χ1n) is 7.22. The number of rotatable bonds is 6. The van der Waals surface area contributed by atoms with Gasteiger partial charge in [-0.05, 0) is 38.8 Å². The predicted molar refractivity (Wildman–Crippen MR) is 85.0 cm³/mol. The number of likely N-dealkylation sites (N-methyl/N-ethyl adjacent to an activating group) is 1. The van der Waals surface area contributed by atoms with E-state index in [4.69, 9.17) is 4.52 Å². The number of halogens is 1. The Morgan fingerprint density at radius 1 is 1.55 bits per heavy atom. The zero-order valence-corrected chi connectivity index (χ0v) is 13.7. The van der Waals surface area contributed by atoms with Crippen LogP contribution in [0.2, 0.25) is 0 Å². The third-order valence-electron chi connectivity index (χ3n) is 3.63. The second kappa shape index (κ2) is 8.75. The molecule has 0 radical (unpaired) electrons. The molecule has 1 fully saturated rings. The summed E-state index contributed by atoms with van der Waals surface area (Å²) in [6.45, 7) is 3.79. The van der Waals surface area contributed by atoms with Gasteiger partial charge in [0.15, 0.2) is 5.82 Å². The maximum atomic E-state index is 12.0. The van der Waals surface area contributed by atoms with Crippen LogP contribution in [0.25, 0.3) is 0 Å². The highest BCUT2D eigenvalue weighted by Gasteiger charge is 2.18. The van der Waals surface area contributed by atoms with Crippen LogP contribution in [0.5, 0.6) is 0 Å². The van der Waals surface area contributed by atoms with Crippen LogP contribution in [0, 0.1) is 12.8 Å². The van der Waals surface area contributed by atoms with Gasteiger partial charge in [0.2, 0.25) is 11.8 Å². The number of nitrogens with zero attached hydrogens (tertiary/aromatic N) is 2. The van der Waals surface area contributed by atoms with Gasteiger partial charge in [0.25, 0.3) is 0 Å². The van der Waals surface area contributed by atoms with Crippen molar-refractivity contribution in [1.29, 1.82) is 0 Å². The second-order valence-corrected chi connectivity index (χ2v) is 5.52. The van der Waals surface area contributed by atoms with Crippen molar-refractivity contribution in [1.82, 2.24) is 15.4 Å². The summed E-state index contributed by atoms with van der Waals surface area (Å²) >= 11 is 0. The van der Waals surface area contributed by atoms with Crippen molar-refractivity contribution in [3.63, 3.8) is 0 Å². The highest BCUT2D eigenvalue weighted by molar-refractivity contribution is 5.93. The van der Waals surface area contributed by atoms with E-state index in [1.807, 2.05) is 0 Å². The summed E-state index contributed by atoms with van der Waals surface area (Å²) < 4.78 is 4.86. The lowest BCUT2D eigenvalue weighted by Gasteiger charge is -2.17. The topological polar surface area (TPSA) is 87.5 Å². The number of aryl methyl sites for hydroxylation is 1. The van der Waals surface area contributed by atoms with E-state index in [0.29, 0.717) is 23.9 Å². The molecule has 0 saturated carbocycles. The number of nitrogens with one attached hydrogen (secondary N) is 2. The van der Waals surface area contributed by atoms with Crippen LogP contribution in [0.1, 0.15) is 25.0 Å². The third-order valence-corrected chi connectivity index (χ3v) is 3.63. The lowest BCUT2D eigenvalue weighted by Crippen LogP contribution is -2.35. The van der Waals surface area contributed by atoms with Crippen LogP contribution in [0.15, 0.2) is 10.6 Å². The van der Waals surface area contributed by atoms with Gasteiger partial charge in [0, 0.05) is 19.5 Å². The molecule has 1 unspecified atom stereocenters. The number of hydrogen-bond acceptors (Lipinski definition) is 5. The van der Waals surface area contributed by atoms with Gasteiger partial charge in [-0.1, -0.05) is 5.16 Å². The monoisotopic (exact) mass is 330 g/mol. The molecule has 124 valence electrons. The predicted octanol–water partition coefficient (Wildman–Crippen LogP) is 1.19. The van der Waals surface area contributed by atoms with Crippen molar-refractivity contribution in [2.75, 3.05) is 32.0 Å². The maximum absolute atomic E-state index is 12.0. The SMILES string of the molecule is Cc1cc(NC(=O)CN(C)C(=O)CCC2CCNC2)no1.Cl. The summed E-state index contributed by atoms with van der Waals surface area (Å²) in [5.41, 5.74) is 0. The minimum atomic E-state index is -0.276. The van der Waals surface area contributed by atoms with Crippen LogP contribution in [0.3, 0.4) is 0 Å². The van der Waals surface area contributed by atoms with Crippen molar-refractivity contribution in [2.45, 2.75) is 26.2 Å². The molecule has 1 aromatic heterocycles. The van der Waals surface area contributed by atoms with Crippen LogP contribution < -0.4 is 10.6 Å². The minimum Gasteiger partial charge on any atom is -0.360 e. The number of carbonyl (C=O) groups excluding carboxylic acids is 2.